The minimum absolute atomic E-state index is 0.000936. The Hall–Kier alpha value is -1.37. The van der Waals surface area contributed by atoms with Crippen LogP contribution >= 0.6 is 11.8 Å². The van der Waals surface area contributed by atoms with Crippen LogP contribution < -0.4 is 5.73 Å². The van der Waals surface area contributed by atoms with Crippen molar-refractivity contribution in [1.29, 1.82) is 0 Å². The molecule has 20 heavy (non-hydrogen) atoms. The fraction of sp³-hybridized carbons (Fsp3) is 0.462. The van der Waals surface area contributed by atoms with Gasteiger partial charge < -0.3 is 10.3 Å². The van der Waals surface area contributed by atoms with E-state index in [1.165, 1.54) is 0 Å². The SMILES string of the molecule is Nc1ccc2c(c1)nc(C1CC1)n2CCSC(F)(F)F. The molecule has 1 saturated carbocycles. The molecule has 7 heteroatoms. The molecule has 0 saturated heterocycles. The van der Waals surface area contributed by atoms with Gasteiger partial charge in [0.2, 0.25) is 0 Å². The van der Waals surface area contributed by atoms with Crippen LogP contribution in [0.4, 0.5) is 18.9 Å². The second-order valence-electron chi connectivity index (χ2n) is 4.94. The Bertz CT molecular complexity index is 632. The number of hydrogen-bond acceptors (Lipinski definition) is 3. The standard InChI is InChI=1S/C13H14F3N3S/c14-13(15,16)20-6-5-19-11-4-3-9(17)7-10(11)18-12(19)8-1-2-8/h3-4,7-8H,1-2,5-6,17H2. The quantitative estimate of drug-likeness (QED) is 0.875. The van der Waals surface area contributed by atoms with Crippen LogP contribution in [0, 0.1) is 0 Å². The van der Waals surface area contributed by atoms with E-state index >= 15 is 0 Å². The average molecular weight is 301 g/mol. The molecule has 0 unspecified atom stereocenters. The van der Waals surface area contributed by atoms with Gasteiger partial charge in [-0.1, -0.05) is 0 Å². The lowest BCUT2D eigenvalue weighted by Gasteiger charge is -2.10. The van der Waals surface area contributed by atoms with Gasteiger partial charge in [-0.05, 0) is 42.8 Å². The predicted molar refractivity (Wildman–Crippen MR) is 74.6 cm³/mol. The van der Waals surface area contributed by atoms with Crippen molar-refractivity contribution in [2.45, 2.75) is 30.8 Å². The second kappa shape index (κ2) is 4.87. The van der Waals surface area contributed by atoms with Crippen molar-refractivity contribution in [1.82, 2.24) is 9.55 Å². The van der Waals surface area contributed by atoms with Crippen molar-refractivity contribution < 1.29 is 13.2 Å². The summed E-state index contributed by atoms with van der Waals surface area (Å²) in [4.78, 5) is 4.54. The number of nitrogen functional groups attached to an aromatic ring is 1. The molecule has 108 valence electrons. The maximum atomic E-state index is 12.2. The largest absolute Gasteiger partial charge is 0.441 e. The molecular weight excluding hydrogens is 287 g/mol. The first kappa shape index (κ1) is 13.6. The van der Waals surface area contributed by atoms with Gasteiger partial charge in [0.25, 0.3) is 0 Å². The van der Waals surface area contributed by atoms with E-state index in [1.807, 2.05) is 10.6 Å². The lowest BCUT2D eigenvalue weighted by atomic mass is 10.3. The minimum Gasteiger partial charge on any atom is -0.399 e. The summed E-state index contributed by atoms with van der Waals surface area (Å²) in [7, 11) is 0. The van der Waals surface area contributed by atoms with Crippen molar-refractivity contribution in [2.75, 3.05) is 11.5 Å². The highest BCUT2D eigenvalue weighted by atomic mass is 32.2. The van der Waals surface area contributed by atoms with Crippen LogP contribution in [0.15, 0.2) is 18.2 Å². The molecule has 1 aliphatic carbocycles. The first-order valence-corrected chi connectivity index (χ1v) is 7.39. The molecule has 0 atom stereocenters. The molecular formula is C13H14F3N3S. The van der Waals surface area contributed by atoms with E-state index in [4.69, 9.17) is 5.73 Å². The average Bonchev–Trinajstić information content (AvgIpc) is 3.12. The first-order valence-electron chi connectivity index (χ1n) is 6.40. The van der Waals surface area contributed by atoms with Gasteiger partial charge in [-0.3, -0.25) is 0 Å². The van der Waals surface area contributed by atoms with Gasteiger partial charge in [-0.25, -0.2) is 4.98 Å². The number of aryl methyl sites for hydroxylation is 1. The third kappa shape index (κ3) is 2.87. The Morgan fingerprint density at radius 2 is 2.10 bits per heavy atom. The zero-order chi connectivity index (χ0) is 14.3. The van der Waals surface area contributed by atoms with Crippen molar-refractivity contribution >= 4 is 28.5 Å². The molecule has 0 amide bonds. The maximum Gasteiger partial charge on any atom is 0.441 e. The highest BCUT2D eigenvalue weighted by Gasteiger charge is 2.31. The van der Waals surface area contributed by atoms with Crippen LogP contribution in [0.1, 0.15) is 24.6 Å². The van der Waals surface area contributed by atoms with E-state index in [0.29, 0.717) is 18.2 Å². The summed E-state index contributed by atoms with van der Waals surface area (Å²) in [5.74, 6) is 1.28. The number of nitrogens with zero attached hydrogens (tertiary/aromatic N) is 2. The molecule has 3 nitrogen and oxygen atoms in total. The maximum absolute atomic E-state index is 12.2. The number of thioether (sulfide) groups is 1. The number of rotatable bonds is 4. The van der Waals surface area contributed by atoms with Gasteiger partial charge in [0.05, 0.1) is 11.0 Å². The summed E-state index contributed by atoms with van der Waals surface area (Å²) in [6, 6.07) is 5.37. The summed E-state index contributed by atoms with van der Waals surface area (Å²) in [6.07, 6.45) is 2.12. The monoisotopic (exact) mass is 301 g/mol. The van der Waals surface area contributed by atoms with Gasteiger partial charge in [-0.2, -0.15) is 13.2 Å². The Morgan fingerprint density at radius 1 is 1.35 bits per heavy atom. The van der Waals surface area contributed by atoms with Gasteiger partial charge in [0, 0.05) is 23.9 Å². The van der Waals surface area contributed by atoms with E-state index in [1.54, 1.807) is 12.1 Å². The van der Waals surface area contributed by atoms with Gasteiger partial charge in [-0.15, -0.1) is 0 Å². The second-order valence-corrected chi connectivity index (χ2v) is 6.10. The summed E-state index contributed by atoms with van der Waals surface area (Å²) in [5.41, 5.74) is 3.80. The van der Waals surface area contributed by atoms with Crippen LogP contribution in [0.2, 0.25) is 0 Å². The summed E-state index contributed by atoms with van der Waals surface area (Å²) < 4.78 is 38.6. The zero-order valence-electron chi connectivity index (χ0n) is 10.7. The number of aromatic nitrogens is 2. The predicted octanol–water partition coefficient (Wildman–Crippen LogP) is 3.75. The molecule has 1 aromatic carbocycles. The smallest absolute Gasteiger partial charge is 0.399 e. The fourth-order valence-corrected chi connectivity index (χ4v) is 2.81. The normalized spacial score (nSPS) is 15.9. The van der Waals surface area contributed by atoms with Crippen LogP contribution in [0.5, 0.6) is 0 Å². The van der Waals surface area contributed by atoms with Crippen LogP contribution in [0.25, 0.3) is 11.0 Å². The van der Waals surface area contributed by atoms with E-state index < -0.39 is 5.51 Å². The number of halogens is 3. The van der Waals surface area contributed by atoms with Gasteiger partial charge in [0.15, 0.2) is 0 Å². The van der Waals surface area contributed by atoms with Crippen LogP contribution in [0.3, 0.4) is 0 Å². The molecule has 0 radical (unpaired) electrons. The third-order valence-electron chi connectivity index (χ3n) is 3.32. The van der Waals surface area contributed by atoms with Gasteiger partial charge >= 0.3 is 5.51 Å². The lowest BCUT2D eigenvalue weighted by molar-refractivity contribution is -0.0328. The van der Waals surface area contributed by atoms with Crippen molar-refractivity contribution in [3.05, 3.63) is 24.0 Å². The fourth-order valence-electron chi connectivity index (χ4n) is 2.31. The van der Waals surface area contributed by atoms with Crippen LogP contribution in [-0.2, 0) is 6.54 Å². The molecule has 0 spiro atoms. The highest BCUT2D eigenvalue weighted by Crippen LogP contribution is 2.41. The minimum atomic E-state index is -4.18. The Labute approximate surface area is 118 Å². The molecule has 0 bridgehead atoms. The molecule has 2 N–H and O–H groups in total. The molecule has 3 rings (SSSR count). The molecule has 1 heterocycles. The molecule has 2 aromatic rings. The summed E-state index contributed by atoms with van der Waals surface area (Å²) in [5, 5.41) is 0. The number of imidazole rings is 1. The zero-order valence-corrected chi connectivity index (χ0v) is 11.5. The number of nitrogens with two attached hydrogens (primary N) is 1. The number of fused-ring (bicyclic) bond motifs is 1. The summed E-state index contributed by atoms with van der Waals surface area (Å²) >= 11 is 0.0110. The van der Waals surface area contributed by atoms with Crippen molar-refractivity contribution in [2.24, 2.45) is 0 Å². The highest BCUT2D eigenvalue weighted by molar-refractivity contribution is 8.00. The lowest BCUT2D eigenvalue weighted by Crippen LogP contribution is -2.09. The van der Waals surface area contributed by atoms with Crippen LogP contribution in [-0.4, -0.2) is 20.8 Å². The third-order valence-corrected chi connectivity index (χ3v) is 4.04. The molecule has 1 aromatic heterocycles. The van der Waals surface area contributed by atoms with E-state index in [9.17, 15) is 13.2 Å². The van der Waals surface area contributed by atoms with E-state index in [-0.39, 0.29) is 17.5 Å². The van der Waals surface area contributed by atoms with Crippen molar-refractivity contribution in [3.63, 3.8) is 0 Å². The number of benzene rings is 1. The Balaban J connectivity index is 1.89. The number of alkyl halides is 3. The van der Waals surface area contributed by atoms with Crippen molar-refractivity contribution in [3.8, 4) is 0 Å². The number of anilines is 1. The Kier molecular flexibility index (Phi) is 3.32. The summed E-state index contributed by atoms with van der Waals surface area (Å²) in [6.45, 7) is 0.316. The molecule has 1 aliphatic rings. The number of hydrogen-bond donors (Lipinski definition) is 1. The van der Waals surface area contributed by atoms with E-state index in [0.717, 1.165) is 29.7 Å². The Morgan fingerprint density at radius 3 is 2.75 bits per heavy atom. The first-order chi connectivity index (χ1) is 9.44. The van der Waals surface area contributed by atoms with Gasteiger partial charge in [0.1, 0.15) is 5.82 Å². The molecule has 1 fully saturated rings. The van der Waals surface area contributed by atoms with E-state index in [2.05, 4.69) is 4.98 Å². The molecule has 0 aliphatic heterocycles. The topological polar surface area (TPSA) is 43.8 Å².